The molecule has 0 radical (unpaired) electrons. The van der Waals surface area contributed by atoms with E-state index in [4.69, 9.17) is 10.2 Å². The molecule has 7 nitrogen and oxygen atoms in total. The Kier molecular flexibility index (Phi) is 73.6. The monoisotopic (exact) mass is 294 g/mol. The van der Waals surface area contributed by atoms with E-state index in [2.05, 4.69) is 9.47 Å². The predicted molar refractivity (Wildman–Crippen MR) is 66.5 cm³/mol. The number of carbonyl (C=O) groups excluding carboxylic acids is 1. The Morgan fingerprint density at radius 1 is 0.625 bits per heavy atom. The topological polar surface area (TPSA) is 110 Å². The van der Waals surface area contributed by atoms with Crippen LogP contribution in [0.4, 0.5) is 14.4 Å². The maximum absolute atomic E-state index is 9.86. The molecule has 0 aromatic carbocycles. The van der Waals surface area contributed by atoms with Gasteiger partial charge in [0.25, 0.3) is 0 Å². The van der Waals surface area contributed by atoms with Crippen LogP contribution in [0.1, 0.15) is 0 Å². The summed E-state index contributed by atoms with van der Waals surface area (Å²) in [6, 6.07) is 0. The van der Waals surface area contributed by atoms with E-state index in [0.29, 0.717) is 0 Å². The first-order valence-corrected chi connectivity index (χ1v) is 1.88. The van der Waals surface area contributed by atoms with Crippen molar-refractivity contribution in [3.8, 4) is 0 Å². The Hall–Kier alpha value is 4.21. The molecular weight excluding hydrogens is 286 g/mol. The van der Waals surface area contributed by atoms with Crippen molar-refractivity contribution >= 4 is 196 Å². The van der Waals surface area contributed by atoms with Crippen LogP contribution in [0.3, 0.4) is 0 Å². The van der Waals surface area contributed by atoms with Crippen molar-refractivity contribution in [3.05, 3.63) is 0 Å². The van der Waals surface area contributed by atoms with Crippen LogP contribution in [0, 0.1) is 0 Å². The summed E-state index contributed by atoms with van der Waals surface area (Å²) in [5.41, 5.74) is 0. The first-order valence-electron chi connectivity index (χ1n) is 1.88. The molecule has 0 saturated carbocycles. The summed E-state index contributed by atoms with van der Waals surface area (Å²) in [5, 5.41) is 15.4. The van der Waals surface area contributed by atoms with Crippen LogP contribution in [-0.4, -0.2) is 206 Å². The summed E-state index contributed by atoms with van der Waals surface area (Å²) < 4.78 is 6.47. The number of hydrogen-bond acceptors (Lipinski definition) is 5. The normalized spacial score (nSPS) is 5.00. The Labute approximate surface area is 224 Å². The summed E-state index contributed by atoms with van der Waals surface area (Å²) >= 11 is 0. The molecule has 13 heteroatoms. The van der Waals surface area contributed by atoms with Crippen LogP contribution in [0.2, 0.25) is 0 Å². The zero-order chi connectivity index (χ0) is 8.15. The van der Waals surface area contributed by atoms with Crippen LogP contribution < -0.4 is 0 Å². The van der Waals surface area contributed by atoms with Crippen molar-refractivity contribution in [1.82, 2.24) is 0 Å². The number of carbonyl (C=O) groups is 3. The molecule has 0 atom stereocenters. The minimum absolute atomic E-state index is 0. The van der Waals surface area contributed by atoms with Gasteiger partial charge in [0.1, 0.15) is 0 Å². The number of carboxylic acid groups (broad SMARTS) is 2. The van der Waals surface area contributed by atoms with Crippen molar-refractivity contribution < 1.29 is 34.1 Å². The van der Waals surface area contributed by atoms with Gasteiger partial charge < -0.3 is 19.7 Å². The van der Waals surface area contributed by atoms with Gasteiger partial charge in [-0.25, -0.2) is 14.4 Å². The first kappa shape index (κ1) is 42.7. The second-order valence-electron chi connectivity index (χ2n) is 0.986. The van der Waals surface area contributed by atoms with Crippen molar-refractivity contribution in [2.24, 2.45) is 0 Å². The average Bonchev–Trinajstić information content (AvgIpc) is 1.58. The van der Waals surface area contributed by atoms with Gasteiger partial charge in [-0.15, -0.1) is 0 Å². The first-order chi connectivity index (χ1) is 4.52. The molecule has 0 aromatic heterocycles. The Morgan fingerprint density at radius 2 is 0.812 bits per heavy atom. The molecule has 0 unspecified atom stereocenters. The Balaban J connectivity index is -0.0000000270. The fraction of sp³-hybridized carbons (Fsp3) is 0. The second-order valence-corrected chi connectivity index (χ2v) is 0.986. The van der Waals surface area contributed by atoms with Gasteiger partial charge in [0.15, 0.2) is 0 Å². The number of rotatable bonds is 0. The molecule has 0 rings (SSSR count). The van der Waals surface area contributed by atoms with E-state index in [1.807, 2.05) is 0 Å². The van der Waals surface area contributed by atoms with Gasteiger partial charge in [0.05, 0.1) is 0 Å². The molecular formula is C3H8Na6O7. The summed E-state index contributed by atoms with van der Waals surface area (Å²) in [5.74, 6) is 0. The number of hydrogen-bond donors (Lipinski definition) is 2. The molecule has 0 amide bonds. The molecule has 0 saturated heterocycles. The van der Waals surface area contributed by atoms with Gasteiger partial charge >= 0.3 is 196 Å². The van der Waals surface area contributed by atoms with Gasteiger partial charge in [0.2, 0.25) is 0 Å². The van der Waals surface area contributed by atoms with Gasteiger partial charge in [-0.05, 0) is 0 Å². The third-order valence-electron chi connectivity index (χ3n) is 0.341. The van der Waals surface area contributed by atoms with E-state index in [0.717, 1.165) is 0 Å². The third kappa shape index (κ3) is 36.2. The van der Waals surface area contributed by atoms with E-state index in [-0.39, 0.29) is 177 Å². The molecule has 0 aliphatic rings. The molecule has 0 heterocycles. The summed E-state index contributed by atoms with van der Waals surface area (Å²) in [4.78, 5) is 28.8. The molecule has 0 bridgehead atoms. The maximum atomic E-state index is 9.86. The molecule has 0 aliphatic heterocycles. The van der Waals surface area contributed by atoms with E-state index >= 15 is 0 Å². The zero-order valence-electron chi connectivity index (χ0n) is 4.44. The summed E-state index contributed by atoms with van der Waals surface area (Å²) in [6.45, 7) is 0. The summed E-state index contributed by atoms with van der Waals surface area (Å²) in [6.07, 6.45) is -5.64. The van der Waals surface area contributed by atoms with E-state index in [1.165, 1.54) is 0 Å². The van der Waals surface area contributed by atoms with Crippen LogP contribution in [0.5, 0.6) is 0 Å². The van der Waals surface area contributed by atoms with Crippen LogP contribution in [-0.2, 0) is 9.47 Å². The van der Waals surface area contributed by atoms with Gasteiger partial charge in [-0.3, -0.25) is 0 Å². The Bertz CT molecular complexity index is 167. The predicted octanol–water partition coefficient (Wildman–Crippen LogP) is -3.40. The molecule has 0 aromatic rings. The van der Waals surface area contributed by atoms with Crippen molar-refractivity contribution in [2.45, 2.75) is 0 Å². The SMILES string of the molecule is O=C(O)OC(=O)OC(=O)O.[NaH].[NaH].[NaH].[NaH].[NaH].[NaH]. The molecule has 16 heavy (non-hydrogen) atoms. The fourth-order valence-electron chi connectivity index (χ4n) is 0.163. The minimum atomic E-state index is -1.92. The van der Waals surface area contributed by atoms with Crippen LogP contribution in [0.25, 0.3) is 0 Å². The van der Waals surface area contributed by atoms with Crippen LogP contribution >= 0.6 is 0 Å². The average molecular weight is 294 g/mol. The van der Waals surface area contributed by atoms with Gasteiger partial charge in [0, 0.05) is 0 Å². The molecule has 0 spiro atoms. The third-order valence-corrected chi connectivity index (χ3v) is 0.341. The summed E-state index contributed by atoms with van der Waals surface area (Å²) in [7, 11) is 0. The molecule has 2 N–H and O–H groups in total. The fourth-order valence-corrected chi connectivity index (χ4v) is 0.163. The van der Waals surface area contributed by atoms with Gasteiger partial charge in [-0.1, -0.05) is 0 Å². The van der Waals surface area contributed by atoms with E-state index in [9.17, 15) is 14.4 Å². The quantitative estimate of drug-likeness (QED) is 0.272. The van der Waals surface area contributed by atoms with Crippen molar-refractivity contribution in [1.29, 1.82) is 0 Å². The molecule has 0 aliphatic carbocycles. The van der Waals surface area contributed by atoms with E-state index < -0.39 is 18.5 Å². The van der Waals surface area contributed by atoms with Gasteiger partial charge in [-0.2, -0.15) is 0 Å². The molecule has 68 valence electrons. The standard InChI is InChI=1S/C3H2O7.6Na.6H/c4-1(5)9-3(8)10-2(6)7;;;;;;;;;;;;/h(H,4,5)(H,6,7);;;;;;;;;;;;. The Morgan fingerprint density at radius 3 is 0.938 bits per heavy atom. The molecule has 0 fully saturated rings. The van der Waals surface area contributed by atoms with E-state index in [1.54, 1.807) is 0 Å². The number of ether oxygens (including phenoxy) is 2. The van der Waals surface area contributed by atoms with Crippen molar-refractivity contribution in [2.75, 3.05) is 0 Å². The second kappa shape index (κ2) is 27.5. The van der Waals surface area contributed by atoms with Crippen molar-refractivity contribution in [3.63, 3.8) is 0 Å². The van der Waals surface area contributed by atoms with Crippen LogP contribution in [0.15, 0.2) is 0 Å². The zero-order valence-corrected chi connectivity index (χ0v) is 4.44.